The second-order valence-corrected chi connectivity index (χ2v) is 5.90. The summed E-state index contributed by atoms with van der Waals surface area (Å²) in [7, 11) is 0. The van der Waals surface area contributed by atoms with Crippen molar-refractivity contribution in [2.75, 3.05) is 5.75 Å². The number of hydrogen-bond acceptors (Lipinski definition) is 5. The Balaban J connectivity index is 2.57. The number of carboxylic acid groups (broad SMARTS) is 1. The van der Waals surface area contributed by atoms with Crippen LogP contribution in [0.1, 0.15) is 23.0 Å². The van der Waals surface area contributed by atoms with E-state index in [1.807, 2.05) is 6.07 Å². The third-order valence-electron chi connectivity index (χ3n) is 2.86. The van der Waals surface area contributed by atoms with Crippen molar-refractivity contribution >= 4 is 35.1 Å². The number of nitrogens with zero attached hydrogens (tertiary/aromatic N) is 2. The number of aryl methyl sites for hydroxylation is 1. The predicted octanol–water partition coefficient (Wildman–Crippen LogP) is 3.48. The van der Waals surface area contributed by atoms with E-state index in [9.17, 15) is 9.59 Å². The Morgan fingerprint density at radius 2 is 1.95 bits per heavy atom. The summed E-state index contributed by atoms with van der Waals surface area (Å²) in [6.07, 6.45) is 0. The molecular weight excluding hydrogens is 324 g/mol. The van der Waals surface area contributed by atoms with E-state index in [0.717, 1.165) is 11.8 Å². The summed E-state index contributed by atoms with van der Waals surface area (Å²) in [5, 5.41) is 9.68. The molecule has 0 bridgehead atoms. The van der Waals surface area contributed by atoms with Crippen LogP contribution in [0.2, 0.25) is 5.02 Å². The second-order valence-electron chi connectivity index (χ2n) is 4.53. The Bertz CT molecular complexity index is 750. The van der Waals surface area contributed by atoms with Gasteiger partial charge < -0.3 is 5.11 Å². The number of halogens is 1. The summed E-state index contributed by atoms with van der Waals surface area (Å²) < 4.78 is 0. The first-order valence-electron chi connectivity index (χ1n) is 6.39. The number of hydrogen-bond donors (Lipinski definition) is 1. The zero-order valence-electron chi connectivity index (χ0n) is 12.0. The standard InChI is InChI=1S/C15H13ClN2O3S/c1-8-13(9(2)19)15(22-7-12(20)21)18-14(17-8)10-5-3-4-6-11(10)16/h3-6H,7H2,1-2H3,(H,20,21). The molecule has 1 aromatic carbocycles. The number of Topliss-reactive ketones (excluding diaryl/α,β-unsaturated/α-hetero) is 1. The van der Waals surface area contributed by atoms with Crippen LogP contribution in [-0.4, -0.2) is 32.6 Å². The highest BCUT2D eigenvalue weighted by Gasteiger charge is 2.18. The number of ketones is 1. The van der Waals surface area contributed by atoms with Gasteiger partial charge in [-0.1, -0.05) is 35.5 Å². The van der Waals surface area contributed by atoms with Gasteiger partial charge in [-0.05, 0) is 26.0 Å². The fourth-order valence-corrected chi connectivity index (χ4v) is 3.02. The van der Waals surface area contributed by atoms with E-state index in [0.29, 0.717) is 32.7 Å². The first kappa shape index (κ1) is 16.5. The predicted molar refractivity (Wildman–Crippen MR) is 85.6 cm³/mol. The average molecular weight is 337 g/mol. The van der Waals surface area contributed by atoms with Gasteiger partial charge in [0.15, 0.2) is 11.6 Å². The molecule has 1 N–H and O–H groups in total. The third-order valence-corrected chi connectivity index (χ3v) is 4.15. The normalized spacial score (nSPS) is 10.5. The van der Waals surface area contributed by atoms with Crippen molar-refractivity contribution < 1.29 is 14.7 Å². The molecule has 0 unspecified atom stereocenters. The van der Waals surface area contributed by atoms with Crippen LogP contribution in [0.5, 0.6) is 0 Å². The molecule has 0 fully saturated rings. The minimum atomic E-state index is -0.977. The molecular formula is C15H13ClN2O3S. The van der Waals surface area contributed by atoms with E-state index in [-0.39, 0.29) is 11.5 Å². The van der Waals surface area contributed by atoms with Crippen molar-refractivity contribution in [2.45, 2.75) is 18.9 Å². The topological polar surface area (TPSA) is 80.2 Å². The molecule has 0 saturated carbocycles. The summed E-state index contributed by atoms with van der Waals surface area (Å²) in [5.74, 6) is -0.981. The number of rotatable bonds is 5. The lowest BCUT2D eigenvalue weighted by Crippen LogP contribution is -2.08. The summed E-state index contributed by atoms with van der Waals surface area (Å²) in [6.45, 7) is 3.11. The highest BCUT2D eigenvalue weighted by molar-refractivity contribution is 8.00. The molecule has 0 radical (unpaired) electrons. The minimum absolute atomic E-state index is 0.182. The molecule has 114 valence electrons. The first-order chi connectivity index (χ1) is 10.4. The molecule has 22 heavy (non-hydrogen) atoms. The Morgan fingerprint density at radius 1 is 1.27 bits per heavy atom. The molecule has 1 aromatic heterocycles. The number of benzene rings is 1. The SMILES string of the molecule is CC(=O)c1c(C)nc(-c2ccccc2Cl)nc1SCC(=O)O. The van der Waals surface area contributed by atoms with Crippen LogP contribution in [0, 0.1) is 6.92 Å². The second kappa shape index (κ2) is 6.89. The number of aromatic nitrogens is 2. The van der Waals surface area contributed by atoms with Crippen LogP contribution in [0.15, 0.2) is 29.3 Å². The molecule has 0 atom stereocenters. The van der Waals surface area contributed by atoms with E-state index in [2.05, 4.69) is 9.97 Å². The van der Waals surface area contributed by atoms with Crippen molar-refractivity contribution in [3.63, 3.8) is 0 Å². The highest BCUT2D eigenvalue weighted by Crippen LogP contribution is 2.29. The third kappa shape index (κ3) is 3.64. The fourth-order valence-electron chi connectivity index (χ4n) is 1.95. The molecule has 0 spiro atoms. The molecule has 5 nitrogen and oxygen atoms in total. The maximum atomic E-state index is 11.8. The van der Waals surface area contributed by atoms with Gasteiger partial charge in [0.1, 0.15) is 5.03 Å². The van der Waals surface area contributed by atoms with Gasteiger partial charge in [-0.2, -0.15) is 0 Å². The van der Waals surface area contributed by atoms with E-state index >= 15 is 0 Å². The summed E-state index contributed by atoms with van der Waals surface area (Å²) in [5.41, 5.74) is 1.49. The van der Waals surface area contributed by atoms with Crippen LogP contribution >= 0.6 is 23.4 Å². The van der Waals surface area contributed by atoms with Crippen molar-refractivity contribution in [2.24, 2.45) is 0 Å². The van der Waals surface area contributed by atoms with Gasteiger partial charge in [-0.25, -0.2) is 9.97 Å². The lowest BCUT2D eigenvalue weighted by atomic mass is 10.1. The van der Waals surface area contributed by atoms with Crippen LogP contribution in [0.25, 0.3) is 11.4 Å². The van der Waals surface area contributed by atoms with Crippen molar-refractivity contribution in [3.8, 4) is 11.4 Å². The molecule has 2 aromatic rings. The largest absolute Gasteiger partial charge is 0.481 e. The van der Waals surface area contributed by atoms with Gasteiger partial charge in [0.2, 0.25) is 0 Å². The number of carboxylic acids is 1. The molecule has 0 aliphatic heterocycles. The molecule has 7 heteroatoms. The zero-order chi connectivity index (χ0) is 16.3. The number of carbonyl (C=O) groups is 2. The highest BCUT2D eigenvalue weighted by atomic mass is 35.5. The van der Waals surface area contributed by atoms with E-state index in [1.165, 1.54) is 6.92 Å². The first-order valence-corrected chi connectivity index (χ1v) is 7.75. The van der Waals surface area contributed by atoms with Crippen molar-refractivity contribution in [1.29, 1.82) is 0 Å². The molecule has 0 saturated heterocycles. The summed E-state index contributed by atoms with van der Waals surface area (Å²) in [6, 6.07) is 7.10. The Morgan fingerprint density at radius 3 is 2.55 bits per heavy atom. The lowest BCUT2D eigenvalue weighted by Gasteiger charge is -2.11. The van der Waals surface area contributed by atoms with Gasteiger partial charge in [-0.15, -0.1) is 0 Å². The maximum Gasteiger partial charge on any atom is 0.313 e. The van der Waals surface area contributed by atoms with Crippen LogP contribution in [-0.2, 0) is 4.79 Å². The zero-order valence-corrected chi connectivity index (χ0v) is 13.5. The number of aliphatic carboxylic acids is 1. The molecule has 0 amide bonds. The summed E-state index contributed by atoms with van der Waals surface area (Å²) >= 11 is 7.14. The average Bonchev–Trinajstić information content (AvgIpc) is 2.44. The van der Waals surface area contributed by atoms with Gasteiger partial charge in [-0.3, -0.25) is 9.59 Å². The summed E-state index contributed by atoms with van der Waals surface area (Å²) in [4.78, 5) is 31.2. The van der Waals surface area contributed by atoms with E-state index < -0.39 is 5.97 Å². The Kier molecular flexibility index (Phi) is 5.15. The van der Waals surface area contributed by atoms with Crippen molar-refractivity contribution in [1.82, 2.24) is 9.97 Å². The van der Waals surface area contributed by atoms with Gasteiger partial charge in [0.05, 0.1) is 22.0 Å². The van der Waals surface area contributed by atoms with Gasteiger partial charge in [0, 0.05) is 5.56 Å². The monoisotopic (exact) mass is 336 g/mol. The van der Waals surface area contributed by atoms with Crippen LogP contribution < -0.4 is 0 Å². The van der Waals surface area contributed by atoms with Crippen LogP contribution in [0.3, 0.4) is 0 Å². The maximum absolute atomic E-state index is 11.8. The molecule has 2 rings (SSSR count). The molecule has 0 aliphatic rings. The van der Waals surface area contributed by atoms with Gasteiger partial charge >= 0.3 is 5.97 Å². The van der Waals surface area contributed by atoms with E-state index in [1.54, 1.807) is 25.1 Å². The fraction of sp³-hybridized carbons (Fsp3) is 0.200. The quantitative estimate of drug-likeness (QED) is 0.511. The smallest absolute Gasteiger partial charge is 0.313 e. The van der Waals surface area contributed by atoms with E-state index in [4.69, 9.17) is 16.7 Å². The number of thioether (sulfide) groups is 1. The van der Waals surface area contributed by atoms with Crippen LogP contribution in [0.4, 0.5) is 0 Å². The van der Waals surface area contributed by atoms with Gasteiger partial charge in [0.25, 0.3) is 0 Å². The Hall–Kier alpha value is -1.92. The van der Waals surface area contributed by atoms with Crippen molar-refractivity contribution in [3.05, 3.63) is 40.5 Å². The Labute approximate surface area is 136 Å². The number of carbonyl (C=O) groups excluding carboxylic acids is 1. The minimum Gasteiger partial charge on any atom is -0.481 e. The lowest BCUT2D eigenvalue weighted by molar-refractivity contribution is -0.133. The molecule has 1 heterocycles. The molecule has 0 aliphatic carbocycles.